The van der Waals surface area contributed by atoms with E-state index in [1.54, 1.807) is 18.3 Å². The summed E-state index contributed by atoms with van der Waals surface area (Å²) >= 11 is 0. The third kappa shape index (κ3) is 11.5. The molecule has 0 atom stereocenters. The van der Waals surface area contributed by atoms with Gasteiger partial charge < -0.3 is 15.5 Å². The molecule has 1 aromatic heterocycles. The van der Waals surface area contributed by atoms with Crippen LogP contribution in [0.15, 0.2) is 24.4 Å². The van der Waals surface area contributed by atoms with Crippen molar-refractivity contribution in [2.45, 2.75) is 12.8 Å². The maximum atomic E-state index is 11.7. The molecule has 1 amide bonds. The summed E-state index contributed by atoms with van der Waals surface area (Å²) in [5, 5.41) is 6.22. The van der Waals surface area contributed by atoms with Crippen LogP contribution < -0.4 is 10.6 Å². The largest absolute Gasteiger partial charge is 0.351 e. The Morgan fingerprint density at radius 3 is 2.48 bits per heavy atom. The van der Waals surface area contributed by atoms with E-state index in [9.17, 15) is 4.79 Å². The lowest BCUT2D eigenvalue weighted by molar-refractivity contribution is 0.0948. The minimum absolute atomic E-state index is 0. The average molecular weight is 337 g/mol. The third-order valence-electron chi connectivity index (χ3n) is 2.67. The maximum absolute atomic E-state index is 11.7. The molecule has 0 saturated heterocycles. The Bertz CT molecular complexity index is 363. The van der Waals surface area contributed by atoms with Gasteiger partial charge in [-0.05, 0) is 58.7 Å². The first kappa shape index (κ1) is 22.4. The van der Waals surface area contributed by atoms with Crippen LogP contribution in [-0.2, 0) is 0 Å². The Morgan fingerprint density at radius 2 is 1.86 bits per heavy atom. The molecule has 0 unspecified atom stereocenters. The highest BCUT2D eigenvalue weighted by molar-refractivity contribution is 5.92. The Morgan fingerprint density at radius 1 is 1.14 bits per heavy atom. The minimum atomic E-state index is -0.104. The predicted octanol–water partition coefficient (Wildman–Crippen LogP) is 1.59. The van der Waals surface area contributed by atoms with E-state index in [1.807, 2.05) is 6.07 Å². The fraction of sp³-hybridized carbons (Fsp3) is 0.571. The number of pyridine rings is 1. The van der Waals surface area contributed by atoms with Crippen molar-refractivity contribution < 1.29 is 4.79 Å². The monoisotopic (exact) mass is 336 g/mol. The number of aromatic nitrogens is 1. The molecular formula is C14H26Cl2N4O. The van der Waals surface area contributed by atoms with Crippen LogP contribution in [0.1, 0.15) is 23.3 Å². The molecule has 122 valence electrons. The Hall–Kier alpha value is -0.880. The highest BCUT2D eigenvalue weighted by Crippen LogP contribution is 1.92. The summed E-state index contributed by atoms with van der Waals surface area (Å²) in [6, 6.07) is 5.33. The summed E-state index contributed by atoms with van der Waals surface area (Å²) in [6.45, 7) is 3.72. The number of carbonyl (C=O) groups is 1. The highest BCUT2D eigenvalue weighted by Gasteiger charge is 2.03. The Kier molecular flexibility index (Phi) is 15.0. The molecule has 1 heterocycles. The maximum Gasteiger partial charge on any atom is 0.269 e. The van der Waals surface area contributed by atoms with Gasteiger partial charge >= 0.3 is 0 Å². The summed E-state index contributed by atoms with van der Waals surface area (Å²) in [6.07, 6.45) is 3.70. The summed E-state index contributed by atoms with van der Waals surface area (Å²) in [7, 11) is 4.15. The van der Waals surface area contributed by atoms with Crippen molar-refractivity contribution in [3.63, 3.8) is 0 Å². The van der Waals surface area contributed by atoms with E-state index < -0.39 is 0 Å². The lowest BCUT2D eigenvalue weighted by Crippen LogP contribution is -2.28. The van der Waals surface area contributed by atoms with Crippen molar-refractivity contribution in [1.82, 2.24) is 20.5 Å². The van der Waals surface area contributed by atoms with Gasteiger partial charge in [-0.25, -0.2) is 0 Å². The Labute approximate surface area is 139 Å². The van der Waals surface area contributed by atoms with E-state index in [1.165, 1.54) is 0 Å². The molecule has 0 aliphatic rings. The molecule has 0 aliphatic carbocycles. The molecule has 0 fully saturated rings. The molecule has 0 aliphatic heterocycles. The Balaban J connectivity index is 0. The van der Waals surface area contributed by atoms with Crippen LogP contribution >= 0.6 is 24.8 Å². The number of amides is 1. The van der Waals surface area contributed by atoms with Crippen LogP contribution in [0.2, 0.25) is 0 Å². The van der Waals surface area contributed by atoms with Crippen molar-refractivity contribution >= 4 is 30.7 Å². The van der Waals surface area contributed by atoms with Gasteiger partial charge in [-0.2, -0.15) is 0 Å². The zero-order valence-electron chi connectivity index (χ0n) is 12.7. The normalized spacial score (nSPS) is 9.67. The lowest BCUT2D eigenvalue weighted by atomic mass is 10.3. The lowest BCUT2D eigenvalue weighted by Gasteiger charge is -2.10. The van der Waals surface area contributed by atoms with E-state index >= 15 is 0 Å². The quantitative estimate of drug-likeness (QED) is 0.672. The van der Waals surface area contributed by atoms with E-state index in [0.29, 0.717) is 12.2 Å². The molecule has 0 aromatic carbocycles. The molecule has 0 radical (unpaired) electrons. The molecule has 1 rings (SSSR count). The second-order valence-corrected chi connectivity index (χ2v) is 4.73. The number of hydrogen-bond acceptors (Lipinski definition) is 4. The average Bonchev–Trinajstić information content (AvgIpc) is 2.42. The van der Waals surface area contributed by atoms with Gasteiger partial charge in [0.15, 0.2) is 0 Å². The van der Waals surface area contributed by atoms with Crippen molar-refractivity contribution in [3.8, 4) is 0 Å². The first-order chi connectivity index (χ1) is 9.20. The molecule has 0 saturated carbocycles. The van der Waals surface area contributed by atoms with Gasteiger partial charge in [0.05, 0.1) is 0 Å². The zero-order valence-corrected chi connectivity index (χ0v) is 14.3. The first-order valence-electron chi connectivity index (χ1n) is 6.75. The van der Waals surface area contributed by atoms with Crippen molar-refractivity contribution in [2.24, 2.45) is 0 Å². The fourth-order valence-electron chi connectivity index (χ4n) is 1.65. The third-order valence-corrected chi connectivity index (χ3v) is 2.67. The molecule has 2 N–H and O–H groups in total. The van der Waals surface area contributed by atoms with E-state index in [0.717, 1.165) is 32.5 Å². The second-order valence-electron chi connectivity index (χ2n) is 4.73. The van der Waals surface area contributed by atoms with Gasteiger partial charge in [0, 0.05) is 12.7 Å². The number of carbonyl (C=O) groups excluding carboxylic acids is 1. The van der Waals surface area contributed by atoms with Gasteiger partial charge in [-0.3, -0.25) is 9.78 Å². The minimum Gasteiger partial charge on any atom is -0.351 e. The zero-order chi connectivity index (χ0) is 13.9. The number of nitrogens with zero attached hydrogens (tertiary/aromatic N) is 2. The van der Waals surface area contributed by atoms with Gasteiger partial charge in [0.1, 0.15) is 5.69 Å². The molecular weight excluding hydrogens is 311 g/mol. The van der Waals surface area contributed by atoms with Gasteiger partial charge in [0.2, 0.25) is 0 Å². The fourth-order valence-corrected chi connectivity index (χ4v) is 1.65. The molecule has 21 heavy (non-hydrogen) atoms. The van der Waals surface area contributed by atoms with Crippen LogP contribution in [0.4, 0.5) is 0 Å². The van der Waals surface area contributed by atoms with E-state index in [-0.39, 0.29) is 30.7 Å². The van der Waals surface area contributed by atoms with E-state index in [4.69, 9.17) is 0 Å². The first-order valence-corrected chi connectivity index (χ1v) is 6.75. The second kappa shape index (κ2) is 14.1. The number of nitrogens with one attached hydrogen (secondary N) is 2. The van der Waals surface area contributed by atoms with Gasteiger partial charge in [-0.15, -0.1) is 24.8 Å². The topological polar surface area (TPSA) is 57.3 Å². The smallest absolute Gasteiger partial charge is 0.269 e. The predicted molar refractivity (Wildman–Crippen MR) is 91.7 cm³/mol. The van der Waals surface area contributed by atoms with Crippen molar-refractivity contribution in [3.05, 3.63) is 30.1 Å². The molecule has 7 heteroatoms. The molecule has 0 spiro atoms. The van der Waals surface area contributed by atoms with Crippen molar-refractivity contribution in [2.75, 3.05) is 40.3 Å². The molecule has 5 nitrogen and oxygen atoms in total. The number of hydrogen-bond donors (Lipinski definition) is 2. The standard InChI is InChI=1S/C14H24N4O.2ClH/c1-18(2)12-6-9-15-8-5-11-17-14(19)13-7-3-4-10-16-13;;/h3-4,7,10,15H,5-6,8-9,11-12H2,1-2H3,(H,17,19);2*1H. The van der Waals surface area contributed by atoms with Crippen LogP contribution in [-0.4, -0.2) is 56.1 Å². The highest BCUT2D eigenvalue weighted by atomic mass is 35.5. The van der Waals surface area contributed by atoms with Gasteiger partial charge in [-0.1, -0.05) is 6.07 Å². The molecule has 1 aromatic rings. The summed E-state index contributed by atoms with van der Waals surface area (Å²) in [4.78, 5) is 17.8. The van der Waals surface area contributed by atoms with Crippen LogP contribution in [0, 0.1) is 0 Å². The summed E-state index contributed by atoms with van der Waals surface area (Å²) < 4.78 is 0. The van der Waals surface area contributed by atoms with Crippen LogP contribution in [0.3, 0.4) is 0 Å². The number of halogens is 2. The SMILES string of the molecule is CN(C)CCCNCCCNC(=O)c1ccccn1.Cl.Cl. The summed E-state index contributed by atoms with van der Waals surface area (Å²) in [5.41, 5.74) is 0.474. The van der Waals surface area contributed by atoms with Crippen LogP contribution in [0.5, 0.6) is 0 Å². The van der Waals surface area contributed by atoms with Gasteiger partial charge in [0.25, 0.3) is 5.91 Å². The summed E-state index contributed by atoms with van der Waals surface area (Å²) in [5.74, 6) is -0.104. The van der Waals surface area contributed by atoms with Crippen molar-refractivity contribution in [1.29, 1.82) is 0 Å². The molecule has 0 bridgehead atoms. The van der Waals surface area contributed by atoms with E-state index in [2.05, 4.69) is 34.6 Å². The van der Waals surface area contributed by atoms with Crippen LogP contribution in [0.25, 0.3) is 0 Å². The number of rotatable bonds is 9.